The summed E-state index contributed by atoms with van der Waals surface area (Å²) in [7, 11) is 0. The van der Waals surface area contributed by atoms with Gasteiger partial charge in [-0.25, -0.2) is 0 Å². The number of hydrazine groups is 1. The highest BCUT2D eigenvalue weighted by molar-refractivity contribution is 6.33. The Hall–Kier alpha value is -3.38. The number of nitriles is 1. The molecule has 0 atom stereocenters. The minimum absolute atomic E-state index is 0.0599. The van der Waals surface area contributed by atoms with Crippen molar-refractivity contribution in [1.29, 1.82) is 5.26 Å². The van der Waals surface area contributed by atoms with Crippen molar-refractivity contribution in [2.75, 3.05) is 10.9 Å². The molecule has 0 radical (unpaired) electrons. The summed E-state index contributed by atoms with van der Waals surface area (Å²) in [4.78, 5) is 20.1. The van der Waals surface area contributed by atoms with Gasteiger partial charge in [0.15, 0.2) is 0 Å². The molecule has 0 aliphatic rings. The van der Waals surface area contributed by atoms with Crippen molar-refractivity contribution in [3.8, 4) is 6.07 Å². The van der Waals surface area contributed by atoms with Crippen molar-refractivity contribution < 1.29 is 9.85 Å². The number of nitrogens with zero attached hydrogens (tertiary/aromatic N) is 3. The predicted octanol–water partition coefficient (Wildman–Crippen LogP) is 3.47. The second kappa shape index (κ2) is 6.59. The molecule has 0 bridgehead atoms. The van der Waals surface area contributed by atoms with Gasteiger partial charge in [0.05, 0.1) is 31.8 Å². The Morgan fingerprint density at radius 1 is 0.957 bits per heavy atom. The standard InChI is InChI=1S/C13H8ClN5O4/c14-11-6-10(19(22)23)2-4-13(11)17-16-12-3-1-9(18(20)21)5-8(12)7-15/h1-6,16-17H. The molecule has 2 aromatic carbocycles. The van der Waals surface area contributed by atoms with Gasteiger partial charge in [0.2, 0.25) is 0 Å². The molecular weight excluding hydrogens is 326 g/mol. The van der Waals surface area contributed by atoms with Crippen LogP contribution in [-0.2, 0) is 0 Å². The van der Waals surface area contributed by atoms with E-state index in [0.717, 1.165) is 6.07 Å². The van der Waals surface area contributed by atoms with Gasteiger partial charge in [0.25, 0.3) is 11.4 Å². The fourth-order valence-corrected chi connectivity index (χ4v) is 1.92. The highest BCUT2D eigenvalue weighted by Crippen LogP contribution is 2.27. The summed E-state index contributed by atoms with van der Waals surface area (Å²) >= 11 is 5.92. The van der Waals surface area contributed by atoms with Crippen LogP contribution in [0.15, 0.2) is 36.4 Å². The second-order valence-corrected chi connectivity index (χ2v) is 4.68. The molecule has 0 saturated carbocycles. The third kappa shape index (κ3) is 3.63. The summed E-state index contributed by atoms with van der Waals surface area (Å²) in [5.74, 6) is 0. The minimum atomic E-state index is -0.606. The van der Waals surface area contributed by atoms with Crippen LogP contribution in [0, 0.1) is 31.6 Å². The monoisotopic (exact) mass is 333 g/mol. The van der Waals surface area contributed by atoms with Crippen LogP contribution in [0.1, 0.15) is 5.56 Å². The van der Waals surface area contributed by atoms with Gasteiger partial charge in [-0.15, -0.1) is 0 Å². The molecule has 10 heteroatoms. The maximum atomic E-state index is 10.7. The average Bonchev–Trinajstić information content (AvgIpc) is 2.53. The van der Waals surface area contributed by atoms with E-state index in [0.29, 0.717) is 11.4 Å². The molecule has 0 fully saturated rings. The van der Waals surface area contributed by atoms with E-state index in [4.69, 9.17) is 16.9 Å². The molecule has 0 aliphatic heterocycles. The summed E-state index contributed by atoms with van der Waals surface area (Å²) in [5.41, 5.74) is 5.72. The summed E-state index contributed by atoms with van der Waals surface area (Å²) in [5, 5.41) is 30.4. The van der Waals surface area contributed by atoms with Crippen molar-refractivity contribution in [2.24, 2.45) is 0 Å². The Morgan fingerprint density at radius 2 is 1.48 bits per heavy atom. The highest BCUT2D eigenvalue weighted by Gasteiger charge is 2.12. The molecule has 0 spiro atoms. The van der Waals surface area contributed by atoms with Gasteiger partial charge in [-0.1, -0.05) is 11.6 Å². The molecular formula is C13H8ClN5O4. The zero-order chi connectivity index (χ0) is 17.0. The van der Waals surface area contributed by atoms with E-state index in [9.17, 15) is 20.2 Å². The summed E-state index contributed by atoms with van der Waals surface area (Å²) in [6.45, 7) is 0. The quantitative estimate of drug-likeness (QED) is 0.631. The number of non-ortho nitro benzene ring substituents is 2. The molecule has 9 nitrogen and oxygen atoms in total. The molecule has 116 valence electrons. The van der Waals surface area contributed by atoms with Crippen molar-refractivity contribution in [3.05, 3.63) is 67.2 Å². The Labute approximate surface area is 134 Å². The normalized spacial score (nSPS) is 9.74. The van der Waals surface area contributed by atoms with Crippen LogP contribution >= 0.6 is 11.6 Å². The topological polar surface area (TPSA) is 134 Å². The highest BCUT2D eigenvalue weighted by atomic mass is 35.5. The third-order valence-corrected chi connectivity index (χ3v) is 3.14. The van der Waals surface area contributed by atoms with Crippen molar-refractivity contribution in [1.82, 2.24) is 0 Å². The lowest BCUT2D eigenvalue weighted by Crippen LogP contribution is -2.10. The zero-order valence-corrected chi connectivity index (χ0v) is 12.1. The number of halogens is 1. The van der Waals surface area contributed by atoms with E-state index in [1.165, 1.54) is 30.3 Å². The van der Waals surface area contributed by atoms with Crippen molar-refractivity contribution in [2.45, 2.75) is 0 Å². The number of nitro benzene ring substituents is 2. The molecule has 2 N–H and O–H groups in total. The van der Waals surface area contributed by atoms with Crippen molar-refractivity contribution >= 4 is 34.4 Å². The number of nitrogens with one attached hydrogen (secondary N) is 2. The van der Waals surface area contributed by atoms with Crippen LogP contribution in [0.4, 0.5) is 22.7 Å². The Kier molecular flexibility index (Phi) is 4.58. The molecule has 2 aromatic rings. The maximum absolute atomic E-state index is 10.7. The number of nitro groups is 2. The smallest absolute Gasteiger partial charge is 0.271 e. The first-order valence-electron chi connectivity index (χ1n) is 6.07. The van der Waals surface area contributed by atoms with Gasteiger partial charge in [-0.3, -0.25) is 31.1 Å². The van der Waals surface area contributed by atoms with E-state index in [-0.39, 0.29) is 22.0 Å². The van der Waals surface area contributed by atoms with Crippen LogP contribution in [0.25, 0.3) is 0 Å². The minimum Gasteiger partial charge on any atom is -0.300 e. The first kappa shape index (κ1) is 16.0. The Bertz CT molecular complexity index is 834. The van der Waals surface area contributed by atoms with E-state index in [2.05, 4.69) is 10.9 Å². The van der Waals surface area contributed by atoms with Crippen LogP contribution in [0.5, 0.6) is 0 Å². The molecule has 0 saturated heterocycles. The third-order valence-electron chi connectivity index (χ3n) is 2.83. The lowest BCUT2D eigenvalue weighted by molar-refractivity contribution is -0.385. The number of benzene rings is 2. The molecule has 0 unspecified atom stereocenters. The molecule has 2 rings (SSSR count). The van der Waals surface area contributed by atoms with Gasteiger partial charge >= 0.3 is 0 Å². The largest absolute Gasteiger partial charge is 0.300 e. The summed E-state index contributed by atoms with van der Waals surface area (Å²) in [6.07, 6.45) is 0. The number of anilines is 2. The second-order valence-electron chi connectivity index (χ2n) is 4.27. The molecule has 0 amide bonds. The average molecular weight is 334 g/mol. The number of hydrogen-bond donors (Lipinski definition) is 2. The summed E-state index contributed by atoms with van der Waals surface area (Å²) < 4.78 is 0. The first-order valence-corrected chi connectivity index (χ1v) is 6.44. The molecule has 0 aromatic heterocycles. The number of rotatable bonds is 5. The number of hydrogen-bond acceptors (Lipinski definition) is 7. The van der Waals surface area contributed by atoms with E-state index in [1.807, 2.05) is 6.07 Å². The maximum Gasteiger partial charge on any atom is 0.271 e. The van der Waals surface area contributed by atoms with Gasteiger partial charge in [0.1, 0.15) is 6.07 Å². The zero-order valence-electron chi connectivity index (χ0n) is 11.3. The molecule has 23 heavy (non-hydrogen) atoms. The lowest BCUT2D eigenvalue weighted by atomic mass is 10.2. The van der Waals surface area contributed by atoms with Gasteiger partial charge in [-0.05, 0) is 12.1 Å². The molecule has 0 heterocycles. The van der Waals surface area contributed by atoms with Gasteiger partial charge < -0.3 is 0 Å². The van der Waals surface area contributed by atoms with Gasteiger partial charge in [0, 0.05) is 24.3 Å². The predicted molar refractivity (Wildman–Crippen MR) is 83.2 cm³/mol. The van der Waals surface area contributed by atoms with Crippen LogP contribution < -0.4 is 10.9 Å². The Morgan fingerprint density at radius 3 is 2.00 bits per heavy atom. The Balaban J connectivity index is 2.20. The molecule has 0 aliphatic carbocycles. The van der Waals surface area contributed by atoms with E-state index in [1.54, 1.807) is 0 Å². The summed E-state index contributed by atoms with van der Waals surface area (Å²) in [6, 6.07) is 9.39. The van der Waals surface area contributed by atoms with Crippen LogP contribution in [0.3, 0.4) is 0 Å². The first-order chi connectivity index (χ1) is 10.9. The van der Waals surface area contributed by atoms with Gasteiger partial charge in [-0.2, -0.15) is 5.26 Å². The van der Waals surface area contributed by atoms with Crippen LogP contribution in [0.2, 0.25) is 5.02 Å². The fourth-order valence-electron chi connectivity index (χ4n) is 1.70. The van der Waals surface area contributed by atoms with E-state index < -0.39 is 9.85 Å². The van der Waals surface area contributed by atoms with Crippen LogP contribution in [-0.4, -0.2) is 9.85 Å². The van der Waals surface area contributed by atoms with Crippen molar-refractivity contribution in [3.63, 3.8) is 0 Å². The van der Waals surface area contributed by atoms with E-state index >= 15 is 0 Å². The lowest BCUT2D eigenvalue weighted by Gasteiger charge is -2.12. The SMILES string of the molecule is N#Cc1cc([N+](=O)[O-])ccc1NNc1ccc([N+](=O)[O-])cc1Cl. The fraction of sp³-hybridized carbons (Fsp3) is 0.